The monoisotopic (exact) mass is 316 g/mol. The van der Waals surface area contributed by atoms with Gasteiger partial charge in [-0.05, 0) is 25.5 Å². The number of carboxylic acids is 1. The van der Waals surface area contributed by atoms with Gasteiger partial charge in [0.05, 0.1) is 0 Å². The van der Waals surface area contributed by atoms with E-state index >= 15 is 0 Å². The maximum atomic E-state index is 12.0. The Kier molecular flexibility index (Phi) is 7.56. The normalized spacial score (nSPS) is 19.0. The summed E-state index contributed by atoms with van der Waals surface area (Å²) in [4.78, 5) is 37.8. The van der Waals surface area contributed by atoms with E-state index in [4.69, 9.17) is 5.11 Å². The number of thioether (sulfide) groups is 1. The zero-order valence-corrected chi connectivity index (χ0v) is 13.5. The molecule has 1 heterocycles. The summed E-state index contributed by atoms with van der Waals surface area (Å²) in [7, 11) is 0. The van der Waals surface area contributed by atoms with Gasteiger partial charge in [0.15, 0.2) is 0 Å². The molecule has 0 unspecified atom stereocenters. The molecule has 0 radical (unpaired) electrons. The number of carboxylic acid groups (broad SMARTS) is 1. The first-order valence-electron chi connectivity index (χ1n) is 7.21. The van der Waals surface area contributed by atoms with Crippen LogP contribution in [0.3, 0.4) is 0 Å². The standard InChI is InChI=1S/C14H24N2O4S/c1-11(17)16(10-14(19)20)12-4-3-7-15(8-5-12)13(18)6-9-21-2/h12H,3-10H2,1-2H3,(H,19,20)/t12-/m1/s1. The van der Waals surface area contributed by atoms with Gasteiger partial charge in [-0.25, -0.2) is 0 Å². The molecule has 0 aromatic rings. The van der Waals surface area contributed by atoms with Crippen LogP contribution in [0.4, 0.5) is 0 Å². The molecule has 1 saturated heterocycles. The van der Waals surface area contributed by atoms with Gasteiger partial charge in [0, 0.05) is 38.2 Å². The number of carbonyl (C=O) groups is 3. The molecule has 1 fully saturated rings. The van der Waals surface area contributed by atoms with Crippen molar-refractivity contribution in [2.75, 3.05) is 31.6 Å². The van der Waals surface area contributed by atoms with Crippen molar-refractivity contribution in [1.82, 2.24) is 9.80 Å². The van der Waals surface area contributed by atoms with Crippen LogP contribution < -0.4 is 0 Å². The maximum absolute atomic E-state index is 12.0. The summed E-state index contributed by atoms with van der Waals surface area (Å²) >= 11 is 1.65. The second-order valence-electron chi connectivity index (χ2n) is 5.25. The van der Waals surface area contributed by atoms with Crippen LogP contribution in [0.15, 0.2) is 0 Å². The third-order valence-corrected chi connectivity index (χ3v) is 4.33. The largest absolute Gasteiger partial charge is 0.480 e. The van der Waals surface area contributed by atoms with Gasteiger partial charge < -0.3 is 14.9 Å². The molecule has 120 valence electrons. The second-order valence-corrected chi connectivity index (χ2v) is 6.23. The number of aliphatic carboxylic acids is 1. The van der Waals surface area contributed by atoms with E-state index in [1.807, 2.05) is 11.2 Å². The predicted octanol–water partition coefficient (Wildman–Crippen LogP) is 1.05. The fourth-order valence-electron chi connectivity index (χ4n) is 2.63. The Morgan fingerprint density at radius 2 is 2.00 bits per heavy atom. The lowest BCUT2D eigenvalue weighted by Gasteiger charge is -2.28. The molecule has 0 bridgehead atoms. The van der Waals surface area contributed by atoms with E-state index in [-0.39, 0.29) is 24.4 Å². The van der Waals surface area contributed by atoms with Gasteiger partial charge in [0.25, 0.3) is 0 Å². The van der Waals surface area contributed by atoms with E-state index in [1.165, 1.54) is 11.8 Å². The van der Waals surface area contributed by atoms with Gasteiger partial charge in [0.2, 0.25) is 11.8 Å². The minimum absolute atomic E-state index is 0.0862. The highest BCUT2D eigenvalue weighted by molar-refractivity contribution is 7.98. The van der Waals surface area contributed by atoms with Crippen molar-refractivity contribution >= 4 is 29.5 Å². The van der Waals surface area contributed by atoms with Gasteiger partial charge in [-0.3, -0.25) is 14.4 Å². The van der Waals surface area contributed by atoms with Crippen molar-refractivity contribution in [3.05, 3.63) is 0 Å². The third-order valence-electron chi connectivity index (χ3n) is 3.72. The SMILES string of the molecule is CSCCC(=O)N1CCC[C@@H](N(CC(=O)O)C(C)=O)CC1. The molecule has 7 heteroatoms. The quantitative estimate of drug-likeness (QED) is 0.792. The van der Waals surface area contributed by atoms with Gasteiger partial charge >= 0.3 is 5.97 Å². The van der Waals surface area contributed by atoms with Crippen LogP contribution in [0.5, 0.6) is 0 Å². The maximum Gasteiger partial charge on any atom is 0.323 e. The fourth-order valence-corrected chi connectivity index (χ4v) is 3.01. The molecule has 0 spiro atoms. The molecule has 0 saturated carbocycles. The summed E-state index contributed by atoms with van der Waals surface area (Å²) in [5, 5.41) is 8.91. The molecule has 1 rings (SSSR count). The Morgan fingerprint density at radius 1 is 1.29 bits per heavy atom. The van der Waals surface area contributed by atoms with E-state index in [0.717, 1.165) is 18.6 Å². The first-order chi connectivity index (χ1) is 9.95. The van der Waals surface area contributed by atoms with Gasteiger partial charge in [0.1, 0.15) is 6.54 Å². The van der Waals surface area contributed by atoms with Crippen LogP contribution >= 0.6 is 11.8 Å². The molecular weight excluding hydrogens is 292 g/mol. The molecular formula is C14H24N2O4S. The van der Waals surface area contributed by atoms with Crippen LogP contribution in [0.2, 0.25) is 0 Å². The number of rotatable bonds is 6. The van der Waals surface area contributed by atoms with Crippen LogP contribution in [0.1, 0.15) is 32.6 Å². The average Bonchev–Trinajstić information content (AvgIpc) is 2.67. The Morgan fingerprint density at radius 3 is 2.57 bits per heavy atom. The zero-order valence-electron chi connectivity index (χ0n) is 12.7. The molecule has 0 aromatic carbocycles. The number of hydrogen-bond acceptors (Lipinski definition) is 4. The summed E-state index contributed by atoms with van der Waals surface area (Å²) < 4.78 is 0. The van der Waals surface area contributed by atoms with Crippen molar-refractivity contribution in [2.24, 2.45) is 0 Å². The third kappa shape index (κ3) is 5.95. The van der Waals surface area contributed by atoms with E-state index in [9.17, 15) is 14.4 Å². The second kappa shape index (κ2) is 8.92. The van der Waals surface area contributed by atoms with Gasteiger partial charge in [-0.15, -0.1) is 0 Å². The lowest BCUT2D eigenvalue weighted by atomic mass is 10.1. The fraction of sp³-hybridized carbons (Fsp3) is 0.786. The molecule has 21 heavy (non-hydrogen) atoms. The van der Waals surface area contributed by atoms with Crippen LogP contribution in [-0.4, -0.2) is 70.4 Å². The van der Waals surface area contributed by atoms with E-state index < -0.39 is 5.97 Å². The summed E-state index contributed by atoms with van der Waals surface area (Å²) in [6, 6.07) is -0.0862. The molecule has 1 aliphatic rings. The smallest absolute Gasteiger partial charge is 0.323 e. The van der Waals surface area contributed by atoms with Gasteiger partial charge in [-0.2, -0.15) is 11.8 Å². The number of carbonyl (C=O) groups excluding carboxylic acids is 2. The molecule has 1 N–H and O–H groups in total. The first kappa shape index (κ1) is 17.8. The van der Waals surface area contributed by atoms with Gasteiger partial charge in [-0.1, -0.05) is 0 Å². The van der Waals surface area contributed by atoms with Crippen molar-refractivity contribution in [1.29, 1.82) is 0 Å². The Hall–Kier alpha value is -1.24. The van der Waals surface area contributed by atoms with E-state index in [2.05, 4.69) is 0 Å². The number of nitrogens with zero attached hydrogens (tertiary/aromatic N) is 2. The topological polar surface area (TPSA) is 77.9 Å². The van der Waals surface area contributed by atoms with Crippen molar-refractivity contribution in [3.63, 3.8) is 0 Å². The highest BCUT2D eigenvalue weighted by Crippen LogP contribution is 2.18. The minimum Gasteiger partial charge on any atom is -0.480 e. The minimum atomic E-state index is -0.998. The van der Waals surface area contributed by atoms with Crippen LogP contribution in [0, 0.1) is 0 Å². The highest BCUT2D eigenvalue weighted by Gasteiger charge is 2.27. The Bertz CT molecular complexity index is 389. The lowest BCUT2D eigenvalue weighted by molar-refractivity contribution is -0.145. The molecule has 0 aromatic heterocycles. The van der Waals surface area contributed by atoms with Crippen molar-refractivity contribution < 1.29 is 19.5 Å². The predicted molar refractivity (Wildman–Crippen MR) is 82.2 cm³/mol. The van der Waals surface area contributed by atoms with Crippen molar-refractivity contribution in [2.45, 2.75) is 38.6 Å². The Labute approximate surface area is 129 Å². The zero-order chi connectivity index (χ0) is 15.8. The highest BCUT2D eigenvalue weighted by atomic mass is 32.2. The summed E-state index contributed by atoms with van der Waals surface area (Å²) in [6.45, 7) is 2.43. The number of likely N-dealkylation sites (tertiary alicyclic amines) is 1. The summed E-state index contributed by atoms with van der Waals surface area (Å²) in [5.41, 5.74) is 0. The Balaban J connectivity index is 2.59. The molecule has 1 atom stereocenters. The van der Waals surface area contributed by atoms with Crippen LogP contribution in [-0.2, 0) is 14.4 Å². The van der Waals surface area contributed by atoms with E-state index in [0.29, 0.717) is 25.9 Å². The molecule has 0 aliphatic carbocycles. The number of amides is 2. The van der Waals surface area contributed by atoms with Crippen LogP contribution in [0.25, 0.3) is 0 Å². The number of hydrogen-bond donors (Lipinski definition) is 1. The van der Waals surface area contributed by atoms with E-state index in [1.54, 1.807) is 11.8 Å². The van der Waals surface area contributed by atoms with Crippen molar-refractivity contribution in [3.8, 4) is 0 Å². The lowest BCUT2D eigenvalue weighted by Crippen LogP contribution is -2.43. The first-order valence-corrected chi connectivity index (χ1v) is 8.60. The molecule has 1 aliphatic heterocycles. The summed E-state index contributed by atoms with van der Waals surface area (Å²) in [6.07, 6.45) is 4.72. The summed E-state index contributed by atoms with van der Waals surface area (Å²) in [5.74, 6) is -0.248. The average molecular weight is 316 g/mol. The molecule has 2 amide bonds. The molecule has 6 nitrogen and oxygen atoms in total.